The van der Waals surface area contributed by atoms with Gasteiger partial charge in [0.25, 0.3) is 5.69 Å². The van der Waals surface area contributed by atoms with Crippen molar-refractivity contribution in [3.8, 4) is 5.75 Å². The van der Waals surface area contributed by atoms with Crippen molar-refractivity contribution in [2.24, 2.45) is 5.92 Å². The highest BCUT2D eigenvalue weighted by Gasteiger charge is 2.36. The summed E-state index contributed by atoms with van der Waals surface area (Å²) in [4.78, 5) is 16.2. The molecule has 0 radical (unpaired) electrons. The zero-order valence-corrected chi connectivity index (χ0v) is 19.3. The quantitative estimate of drug-likeness (QED) is 0.426. The van der Waals surface area contributed by atoms with Crippen LogP contribution in [0, 0.1) is 16.0 Å². The van der Waals surface area contributed by atoms with Crippen LogP contribution < -0.4 is 4.74 Å². The van der Waals surface area contributed by atoms with Gasteiger partial charge in [0.15, 0.2) is 0 Å². The minimum Gasteiger partial charge on any atom is -0.497 e. The maximum atomic E-state index is 11.5. The molecule has 0 bridgehead atoms. The van der Waals surface area contributed by atoms with Crippen LogP contribution in [0.15, 0.2) is 48.5 Å². The van der Waals surface area contributed by atoms with E-state index in [4.69, 9.17) is 4.74 Å². The second-order valence-corrected chi connectivity index (χ2v) is 9.45. The Morgan fingerprint density at radius 1 is 1.09 bits per heavy atom. The van der Waals surface area contributed by atoms with E-state index in [1.807, 2.05) is 18.2 Å². The minimum absolute atomic E-state index is 0.216. The number of para-hydroxylation sites is 1. The monoisotopic (exact) mass is 437 g/mol. The zero-order valence-electron chi connectivity index (χ0n) is 19.3. The number of nitro groups is 1. The van der Waals surface area contributed by atoms with Crippen molar-refractivity contribution in [1.29, 1.82) is 0 Å². The first-order chi connectivity index (χ1) is 15.5. The molecule has 1 saturated carbocycles. The van der Waals surface area contributed by atoms with Crippen LogP contribution in [-0.4, -0.2) is 54.6 Å². The molecule has 6 heteroatoms. The van der Waals surface area contributed by atoms with Crippen LogP contribution in [0.1, 0.15) is 49.1 Å². The fourth-order valence-electron chi connectivity index (χ4n) is 5.63. The number of ether oxygens (including phenoxy) is 1. The molecule has 0 spiro atoms. The first-order valence-electron chi connectivity index (χ1n) is 11.8. The van der Waals surface area contributed by atoms with Gasteiger partial charge in [0.2, 0.25) is 0 Å². The summed E-state index contributed by atoms with van der Waals surface area (Å²) in [5.74, 6) is 1.76. The average Bonchev–Trinajstić information content (AvgIpc) is 3.21. The molecule has 2 aromatic carbocycles. The van der Waals surface area contributed by atoms with Gasteiger partial charge in [-0.05, 0) is 43.5 Å². The van der Waals surface area contributed by atoms with Gasteiger partial charge in [-0.15, -0.1) is 0 Å². The van der Waals surface area contributed by atoms with Crippen molar-refractivity contribution < 1.29 is 9.66 Å². The summed E-state index contributed by atoms with van der Waals surface area (Å²) in [5.41, 5.74) is 2.31. The van der Waals surface area contributed by atoms with E-state index in [1.165, 1.54) is 37.7 Å². The summed E-state index contributed by atoms with van der Waals surface area (Å²) < 4.78 is 5.49. The van der Waals surface area contributed by atoms with E-state index >= 15 is 0 Å². The zero-order chi connectivity index (χ0) is 22.5. The van der Waals surface area contributed by atoms with Gasteiger partial charge in [0.1, 0.15) is 5.75 Å². The molecular weight excluding hydrogens is 402 g/mol. The Morgan fingerprint density at radius 2 is 1.88 bits per heavy atom. The van der Waals surface area contributed by atoms with Crippen LogP contribution in [0.3, 0.4) is 0 Å². The standard InChI is InChI=1S/C26H35N3O3/c1-27(23-11-4-3-5-12-23)16-22-18-28(17-21-9-6-7-14-26(21)29(30)31)19-25(22)20-10-8-13-24(15-20)32-2/h6-10,13-15,22-23,25H,3-5,11-12,16-19H2,1-2H3. The first-order valence-corrected chi connectivity index (χ1v) is 11.8. The summed E-state index contributed by atoms with van der Waals surface area (Å²) in [6.45, 7) is 3.52. The van der Waals surface area contributed by atoms with E-state index in [1.54, 1.807) is 19.2 Å². The third-order valence-electron chi connectivity index (χ3n) is 7.34. The molecule has 1 heterocycles. The molecule has 2 atom stereocenters. The highest BCUT2D eigenvalue weighted by molar-refractivity contribution is 5.40. The molecule has 172 valence electrons. The molecule has 1 aliphatic heterocycles. The second-order valence-electron chi connectivity index (χ2n) is 9.45. The van der Waals surface area contributed by atoms with Gasteiger partial charge in [-0.25, -0.2) is 0 Å². The van der Waals surface area contributed by atoms with Crippen molar-refractivity contribution in [3.05, 3.63) is 69.8 Å². The third kappa shape index (κ3) is 5.30. The molecule has 0 aromatic heterocycles. The summed E-state index contributed by atoms with van der Waals surface area (Å²) in [6.07, 6.45) is 6.63. The van der Waals surface area contributed by atoms with E-state index in [0.717, 1.165) is 30.9 Å². The summed E-state index contributed by atoms with van der Waals surface area (Å²) in [5, 5.41) is 11.5. The SMILES string of the molecule is COc1cccc(C2CN(Cc3ccccc3[N+](=O)[O-])CC2CN(C)C2CCCCC2)c1. The fourth-order valence-corrected chi connectivity index (χ4v) is 5.63. The van der Waals surface area contributed by atoms with Crippen molar-refractivity contribution >= 4 is 5.69 Å². The van der Waals surface area contributed by atoms with Crippen LogP contribution in [0.4, 0.5) is 5.69 Å². The highest BCUT2D eigenvalue weighted by Crippen LogP contribution is 2.37. The van der Waals surface area contributed by atoms with Gasteiger partial charge >= 0.3 is 0 Å². The molecule has 2 fully saturated rings. The average molecular weight is 438 g/mol. The Kier molecular flexibility index (Phi) is 7.43. The van der Waals surface area contributed by atoms with Gasteiger partial charge in [0.05, 0.1) is 12.0 Å². The topological polar surface area (TPSA) is 58.9 Å². The molecule has 0 amide bonds. The van der Waals surface area contributed by atoms with Gasteiger partial charge < -0.3 is 9.64 Å². The fraction of sp³-hybridized carbons (Fsp3) is 0.538. The van der Waals surface area contributed by atoms with Crippen LogP contribution in [-0.2, 0) is 6.54 Å². The molecule has 1 aliphatic carbocycles. The number of benzene rings is 2. The highest BCUT2D eigenvalue weighted by atomic mass is 16.6. The van der Waals surface area contributed by atoms with Crippen LogP contribution in [0.25, 0.3) is 0 Å². The molecule has 2 aromatic rings. The van der Waals surface area contributed by atoms with Gasteiger partial charge in [0, 0.05) is 49.8 Å². The van der Waals surface area contributed by atoms with Crippen LogP contribution in [0.2, 0.25) is 0 Å². The normalized spacial score (nSPS) is 22.3. The Labute approximate surface area is 191 Å². The predicted molar refractivity (Wildman–Crippen MR) is 127 cm³/mol. The van der Waals surface area contributed by atoms with Crippen molar-refractivity contribution in [2.75, 3.05) is 33.8 Å². The van der Waals surface area contributed by atoms with E-state index in [9.17, 15) is 10.1 Å². The first kappa shape index (κ1) is 22.7. The lowest BCUT2D eigenvalue weighted by molar-refractivity contribution is -0.385. The van der Waals surface area contributed by atoms with E-state index < -0.39 is 0 Å². The van der Waals surface area contributed by atoms with E-state index in [0.29, 0.717) is 24.4 Å². The van der Waals surface area contributed by atoms with Crippen LogP contribution >= 0.6 is 0 Å². The smallest absolute Gasteiger partial charge is 0.273 e. The number of likely N-dealkylation sites (tertiary alicyclic amines) is 1. The number of hydrogen-bond acceptors (Lipinski definition) is 5. The van der Waals surface area contributed by atoms with Gasteiger partial charge in [-0.2, -0.15) is 0 Å². The van der Waals surface area contributed by atoms with Crippen LogP contribution in [0.5, 0.6) is 5.75 Å². The molecular formula is C26H35N3O3. The van der Waals surface area contributed by atoms with Gasteiger partial charge in [-0.1, -0.05) is 49.6 Å². The lowest BCUT2D eigenvalue weighted by Crippen LogP contribution is -2.38. The Hall–Kier alpha value is -2.44. The number of nitro benzene ring substituents is 1. The predicted octanol–water partition coefficient (Wildman–Crippen LogP) is 5.08. The molecule has 1 saturated heterocycles. The second kappa shape index (κ2) is 10.5. The molecule has 2 unspecified atom stereocenters. The van der Waals surface area contributed by atoms with E-state index in [2.05, 4.69) is 35.0 Å². The summed E-state index contributed by atoms with van der Waals surface area (Å²) in [6, 6.07) is 16.2. The van der Waals surface area contributed by atoms with Gasteiger partial charge in [-0.3, -0.25) is 15.0 Å². The lowest BCUT2D eigenvalue weighted by atomic mass is 9.87. The molecule has 2 aliphatic rings. The third-order valence-corrected chi connectivity index (χ3v) is 7.34. The molecule has 4 rings (SSSR count). The Bertz CT molecular complexity index is 913. The number of nitrogens with zero attached hydrogens (tertiary/aromatic N) is 3. The lowest BCUT2D eigenvalue weighted by Gasteiger charge is -2.34. The molecule has 0 N–H and O–H groups in total. The van der Waals surface area contributed by atoms with E-state index in [-0.39, 0.29) is 10.6 Å². The number of hydrogen-bond donors (Lipinski definition) is 0. The Morgan fingerprint density at radius 3 is 2.62 bits per heavy atom. The van der Waals surface area contributed by atoms with Crippen molar-refractivity contribution in [1.82, 2.24) is 9.80 Å². The number of methoxy groups -OCH3 is 1. The Balaban J connectivity index is 1.54. The minimum atomic E-state index is -0.265. The molecule has 32 heavy (non-hydrogen) atoms. The maximum absolute atomic E-state index is 11.5. The summed E-state index contributed by atoms with van der Waals surface area (Å²) in [7, 11) is 3.99. The molecule has 6 nitrogen and oxygen atoms in total. The summed E-state index contributed by atoms with van der Waals surface area (Å²) >= 11 is 0. The van der Waals surface area contributed by atoms with Crippen molar-refractivity contribution in [3.63, 3.8) is 0 Å². The maximum Gasteiger partial charge on any atom is 0.273 e. The van der Waals surface area contributed by atoms with Crippen molar-refractivity contribution in [2.45, 2.75) is 50.6 Å². The largest absolute Gasteiger partial charge is 0.497 e. The number of rotatable bonds is 8.